The lowest BCUT2D eigenvalue weighted by Gasteiger charge is -2.60. The normalized spacial score (nSPS) is 53.6. The van der Waals surface area contributed by atoms with E-state index in [1.165, 1.54) is 0 Å². The van der Waals surface area contributed by atoms with Crippen LogP contribution in [0.3, 0.4) is 0 Å². The molecule has 0 aromatic rings. The molecule has 3 N–H and O–H groups in total. The van der Waals surface area contributed by atoms with Crippen LogP contribution in [-0.4, -0.2) is 45.2 Å². The lowest BCUT2D eigenvalue weighted by molar-refractivity contribution is -0.180. The van der Waals surface area contributed by atoms with Gasteiger partial charge in [-0.3, -0.25) is 9.59 Å². The van der Waals surface area contributed by atoms with Crippen LogP contribution >= 0.6 is 0 Å². The monoisotopic (exact) mass is 364 g/mol. The maximum atomic E-state index is 13.4. The summed E-state index contributed by atoms with van der Waals surface area (Å²) < 4.78 is 0. The van der Waals surface area contributed by atoms with Gasteiger partial charge in [0.25, 0.3) is 0 Å². The number of hydrogen-bond donors (Lipinski definition) is 3. The molecule has 146 valence electrons. The van der Waals surface area contributed by atoms with E-state index < -0.39 is 23.4 Å². The molecular weight excluding hydrogens is 332 g/mol. The zero-order valence-corrected chi connectivity index (χ0v) is 15.9. The minimum Gasteiger partial charge on any atom is -0.393 e. The first kappa shape index (κ1) is 18.6. The molecule has 26 heavy (non-hydrogen) atoms. The highest BCUT2D eigenvalue weighted by Gasteiger charge is 2.68. The molecule has 4 aliphatic carbocycles. The summed E-state index contributed by atoms with van der Waals surface area (Å²) in [7, 11) is 0. The van der Waals surface area contributed by atoms with Gasteiger partial charge >= 0.3 is 0 Å². The van der Waals surface area contributed by atoms with E-state index in [0.29, 0.717) is 12.3 Å². The van der Waals surface area contributed by atoms with Crippen molar-refractivity contribution in [3.05, 3.63) is 0 Å². The van der Waals surface area contributed by atoms with Gasteiger partial charge in [0, 0.05) is 17.8 Å². The van der Waals surface area contributed by atoms with E-state index in [1.807, 2.05) is 6.92 Å². The Morgan fingerprint density at radius 3 is 2.58 bits per heavy atom. The number of Topliss-reactive ketones (excluding diaryl/α,β-unsaturated/α-hetero) is 2. The third kappa shape index (κ3) is 2.20. The van der Waals surface area contributed by atoms with E-state index in [-0.39, 0.29) is 41.5 Å². The Hall–Kier alpha value is -0.780. The van der Waals surface area contributed by atoms with Gasteiger partial charge in [0.2, 0.25) is 0 Å². The van der Waals surface area contributed by atoms with E-state index in [9.17, 15) is 24.9 Å². The van der Waals surface area contributed by atoms with Crippen molar-refractivity contribution in [1.82, 2.24) is 0 Å². The van der Waals surface area contributed by atoms with Crippen molar-refractivity contribution in [2.45, 2.75) is 76.9 Å². The van der Waals surface area contributed by atoms with Gasteiger partial charge in [0.15, 0.2) is 5.78 Å². The summed E-state index contributed by atoms with van der Waals surface area (Å²) in [6, 6.07) is 0. The van der Waals surface area contributed by atoms with Gasteiger partial charge in [-0.1, -0.05) is 13.8 Å². The van der Waals surface area contributed by atoms with Crippen LogP contribution in [0.25, 0.3) is 0 Å². The van der Waals surface area contributed by atoms with Gasteiger partial charge in [-0.25, -0.2) is 0 Å². The summed E-state index contributed by atoms with van der Waals surface area (Å²) in [6.45, 7) is 3.46. The van der Waals surface area contributed by atoms with Gasteiger partial charge in [-0.2, -0.15) is 0 Å². The molecule has 4 rings (SSSR count). The van der Waals surface area contributed by atoms with Crippen LogP contribution in [0.15, 0.2) is 0 Å². The average molecular weight is 364 g/mol. The predicted octanol–water partition coefficient (Wildman–Crippen LogP) is 1.86. The topological polar surface area (TPSA) is 94.8 Å². The predicted molar refractivity (Wildman–Crippen MR) is 95.2 cm³/mol. The number of carbonyl (C=O) groups is 2. The highest BCUT2D eigenvalue weighted by molar-refractivity contribution is 5.92. The number of rotatable bonds is 2. The lowest BCUT2D eigenvalue weighted by Crippen LogP contribution is -2.62. The first-order valence-electron chi connectivity index (χ1n) is 10.2. The Bertz CT molecular complexity index is 632. The van der Waals surface area contributed by atoms with Gasteiger partial charge < -0.3 is 15.3 Å². The Balaban J connectivity index is 1.70. The maximum Gasteiger partial charge on any atom is 0.190 e. The lowest BCUT2D eigenvalue weighted by atomic mass is 9.44. The molecular formula is C21H32O5. The number of carbonyl (C=O) groups excluding carboxylic acids is 2. The van der Waals surface area contributed by atoms with Crippen molar-refractivity contribution >= 4 is 11.6 Å². The van der Waals surface area contributed by atoms with Gasteiger partial charge in [0.1, 0.15) is 18.0 Å². The summed E-state index contributed by atoms with van der Waals surface area (Å²) >= 11 is 0. The number of aliphatic hydroxyl groups excluding tert-OH is 2. The van der Waals surface area contributed by atoms with E-state index in [1.54, 1.807) is 0 Å². The Kier molecular flexibility index (Phi) is 4.18. The first-order chi connectivity index (χ1) is 12.2. The molecule has 5 nitrogen and oxygen atoms in total. The van der Waals surface area contributed by atoms with E-state index in [0.717, 1.165) is 38.5 Å². The first-order valence-corrected chi connectivity index (χ1v) is 10.2. The van der Waals surface area contributed by atoms with Crippen LogP contribution in [0, 0.1) is 34.5 Å². The summed E-state index contributed by atoms with van der Waals surface area (Å²) in [5.41, 5.74) is -2.40. The zero-order chi connectivity index (χ0) is 18.9. The molecule has 4 aliphatic rings. The number of hydrogen-bond acceptors (Lipinski definition) is 5. The molecule has 4 fully saturated rings. The molecule has 0 radical (unpaired) electrons. The van der Waals surface area contributed by atoms with Gasteiger partial charge in [-0.05, 0) is 68.1 Å². The van der Waals surface area contributed by atoms with E-state index in [2.05, 4.69) is 6.92 Å². The molecule has 0 aromatic heterocycles. The summed E-state index contributed by atoms with van der Waals surface area (Å²) in [5, 5.41) is 30.6. The Labute approximate surface area is 155 Å². The average Bonchev–Trinajstić information content (AvgIpc) is 2.86. The second kappa shape index (κ2) is 5.86. The van der Waals surface area contributed by atoms with Crippen molar-refractivity contribution in [3.8, 4) is 0 Å². The minimum absolute atomic E-state index is 0.0154. The van der Waals surface area contributed by atoms with Crippen LogP contribution in [0.2, 0.25) is 0 Å². The maximum absolute atomic E-state index is 13.4. The molecule has 0 amide bonds. The van der Waals surface area contributed by atoms with Crippen LogP contribution < -0.4 is 0 Å². The van der Waals surface area contributed by atoms with Crippen LogP contribution in [0.4, 0.5) is 0 Å². The Morgan fingerprint density at radius 2 is 1.88 bits per heavy atom. The summed E-state index contributed by atoms with van der Waals surface area (Å²) in [5.74, 6) is 0.380. The van der Waals surface area contributed by atoms with Crippen LogP contribution in [-0.2, 0) is 9.59 Å². The van der Waals surface area contributed by atoms with E-state index in [4.69, 9.17) is 0 Å². The largest absolute Gasteiger partial charge is 0.393 e. The third-order valence-electron chi connectivity index (χ3n) is 9.08. The second-order valence-corrected chi connectivity index (χ2v) is 10.00. The standard InChI is InChI=1S/C21H32O5/c1-19-7-5-13(23)9-12(19)3-4-14-15-6-8-21(26,17(25)11-22)20(15,2)10-16(24)18(14)19/h12-15,18,22-23,26H,3-11H2,1-2H3/t12-,13+,14+,15+,18-,19-,20+,21+/m0/s1. The SMILES string of the molecule is C[C@]12CC[C@@H](O)C[C@@H]1CC[C@H]1[C@H]2C(=O)C[C@]2(C)[C@@H]1CC[C@@]2(O)C(=O)CO. The number of aliphatic hydroxyl groups is 3. The summed E-state index contributed by atoms with van der Waals surface area (Å²) in [6.07, 6.45) is 5.47. The number of fused-ring (bicyclic) bond motifs is 5. The molecule has 0 bridgehead atoms. The van der Waals surface area contributed by atoms with Crippen LogP contribution in [0.1, 0.15) is 65.2 Å². The molecule has 0 aromatic carbocycles. The second-order valence-electron chi connectivity index (χ2n) is 10.00. The van der Waals surface area contributed by atoms with Crippen molar-refractivity contribution in [1.29, 1.82) is 0 Å². The number of ketones is 2. The highest BCUT2D eigenvalue weighted by Crippen LogP contribution is 2.67. The van der Waals surface area contributed by atoms with Crippen molar-refractivity contribution in [2.24, 2.45) is 34.5 Å². The third-order valence-corrected chi connectivity index (χ3v) is 9.08. The quantitative estimate of drug-likeness (QED) is 0.695. The highest BCUT2D eigenvalue weighted by atomic mass is 16.3. The molecule has 5 heteroatoms. The van der Waals surface area contributed by atoms with Crippen molar-refractivity contribution < 1.29 is 24.9 Å². The fourth-order valence-electron chi connectivity index (χ4n) is 7.64. The van der Waals surface area contributed by atoms with Crippen LogP contribution in [0.5, 0.6) is 0 Å². The summed E-state index contributed by atoms with van der Waals surface area (Å²) in [4.78, 5) is 25.7. The fraction of sp³-hybridized carbons (Fsp3) is 0.905. The Morgan fingerprint density at radius 1 is 1.15 bits per heavy atom. The van der Waals surface area contributed by atoms with Crippen molar-refractivity contribution in [2.75, 3.05) is 6.61 Å². The molecule has 0 spiro atoms. The molecule has 0 heterocycles. The molecule has 4 saturated carbocycles. The van der Waals surface area contributed by atoms with Gasteiger partial charge in [0.05, 0.1) is 6.10 Å². The molecule has 0 unspecified atom stereocenters. The van der Waals surface area contributed by atoms with Gasteiger partial charge in [-0.15, -0.1) is 0 Å². The molecule has 8 atom stereocenters. The minimum atomic E-state index is -1.58. The molecule has 0 aliphatic heterocycles. The zero-order valence-electron chi connectivity index (χ0n) is 15.9. The smallest absolute Gasteiger partial charge is 0.190 e. The van der Waals surface area contributed by atoms with Crippen molar-refractivity contribution in [3.63, 3.8) is 0 Å². The molecule has 0 saturated heterocycles. The fourth-order valence-corrected chi connectivity index (χ4v) is 7.64. The van der Waals surface area contributed by atoms with E-state index >= 15 is 0 Å².